The number of hydrogen-bond donors (Lipinski definition) is 3. The third-order valence-corrected chi connectivity index (χ3v) is 4.06. The molecule has 0 spiro atoms. The van der Waals surface area contributed by atoms with Gasteiger partial charge < -0.3 is 15.3 Å². The standard InChI is InChI=1S/C15H13BrClN3O/c1-18-14(9-4-10(16)7-11(17)5-9)8-2-3-12-13(6-8)20-15(21)19-12/h2-7,14,18H,1H3,(H2,19,20,21). The van der Waals surface area contributed by atoms with E-state index in [4.69, 9.17) is 11.6 Å². The van der Waals surface area contributed by atoms with Crippen LogP contribution >= 0.6 is 27.5 Å². The minimum atomic E-state index is -0.200. The number of fused-ring (bicyclic) bond motifs is 1. The zero-order chi connectivity index (χ0) is 15.0. The summed E-state index contributed by atoms with van der Waals surface area (Å²) < 4.78 is 0.932. The smallest absolute Gasteiger partial charge is 0.309 e. The van der Waals surface area contributed by atoms with Crippen LogP contribution in [-0.2, 0) is 0 Å². The van der Waals surface area contributed by atoms with Gasteiger partial charge >= 0.3 is 5.69 Å². The minimum absolute atomic E-state index is 0.0113. The molecule has 1 aromatic heterocycles. The molecule has 0 fully saturated rings. The van der Waals surface area contributed by atoms with Crippen LogP contribution in [0.15, 0.2) is 45.7 Å². The summed E-state index contributed by atoms with van der Waals surface area (Å²) in [5, 5.41) is 3.96. The van der Waals surface area contributed by atoms with Gasteiger partial charge in [0, 0.05) is 9.50 Å². The molecule has 21 heavy (non-hydrogen) atoms. The van der Waals surface area contributed by atoms with Crippen molar-refractivity contribution in [3.8, 4) is 0 Å². The molecule has 3 rings (SSSR count). The van der Waals surface area contributed by atoms with Gasteiger partial charge in [-0.15, -0.1) is 0 Å². The monoisotopic (exact) mass is 365 g/mol. The normalized spacial score (nSPS) is 12.7. The van der Waals surface area contributed by atoms with E-state index < -0.39 is 0 Å². The molecule has 3 N–H and O–H groups in total. The highest BCUT2D eigenvalue weighted by molar-refractivity contribution is 9.10. The fourth-order valence-electron chi connectivity index (χ4n) is 2.50. The molecule has 0 saturated heterocycles. The maximum atomic E-state index is 11.3. The quantitative estimate of drug-likeness (QED) is 0.663. The van der Waals surface area contributed by atoms with Gasteiger partial charge in [0.05, 0.1) is 17.1 Å². The Kier molecular flexibility index (Phi) is 3.89. The Bertz CT molecular complexity index is 835. The first-order valence-electron chi connectivity index (χ1n) is 6.42. The molecule has 0 amide bonds. The van der Waals surface area contributed by atoms with Gasteiger partial charge in [-0.25, -0.2) is 4.79 Å². The summed E-state index contributed by atoms with van der Waals surface area (Å²) in [5.74, 6) is 0. The molecule has 0 aliphatic rings. The van der Waals surface area contributed by atoms with E-state index in [0.717, 1.165) is 26.6 Å². The number of hydrogen-bond acceptors (Lipinski definition) is 2. The van der Waals surface area contributed by atoms with Crippen LogP contribution in [-0.4, -0.2) is 17.0 Å². The van der Waals surface area contributed by atoms with Crippen molar-refractivity contribution < 1.29 is 0 Å². The molecular formula is C15H13BrClN3O. The number of H-pyrrole nitrogens is 2. The predicted molar refractivity (Wildman–Crippen MR) is 89.0 cm³/mol. The minimum Gasteiger partial charge on any atom is -0.309 e. The van der Waals surface area contributed by atoms with E-state index >= 15 is 0 Å². The zero-order valence-electron chi connectivity index (χ0n) is 11.2. The van der Waals surface area contributed by atoms with E-state index in [9.17, 15) is 4.79 Å². The van der Waals surface area contributed by atoms with Gasteiger partial charge in [-0.3, -0.25) is 0 Å². The van der Waals surface area contributed by atoms with Crippen molar-refractivity contribution in [2.75, 3.05) is 7.05 Å². The summed E-state index contributed by atoms with van der Waals surface area (Å²) in [5.41, 5.74) is 3.49. The Morgan fingerprint density at radius 3 is 2.57 bits per heavy atom. The number of rotatable bonds is 3. The van der Waals surface area contributed by atoms with E-state index in [0.29, 0.717) is 5.02 Å². The topological polar surface area (TPSA) is 60.7 Å². The van der Waals surface area contributed by atoms with E-state index in [-0.39, 0.29) is 11.7 Å². The number of halogens is 2. The van der Waals surface area contributed by atoms with Crippen molar-refractivity contribution in [3.63, 3.8) is 0 Å². The van der Waals surface area contributed by atoms with Crippen LogP contribution in [0.1, 0.15) is 17.2 Å². The molecule has 0 aliphatic heterocycles. The van der Waals surface area contributed by atoms with E-state index in [1.807, 2.05) is 43.4 Å². The van der Waals surface area contributed by atoms with Crippen molar-refractivity contribution >= 4 is 38.6 Å². The van der Waals surface area contributed by atoms with Gasteiger partial charge in [-0.05, 0) is 48.5 Å². The van der Waals surface area contributed by atoms with Gasteiger partial charge in [0.1, 0.15) is 0 Å². The molecule has 6 heteroatoms. The highest BCUT2D eigenvalue weighted by Gasteiger charge is 2.14. The first-order valence-corrected chi connectivity index (χ1v) is 7.59. The van der Waals surface area contributed by atoms with Crippen molar-refractivity contribution in [2.45, 2.75) is 6.04 Å². The third-order valence-electron chi connectivity index (χ3n) is 3.38. The van der Waals surface area contributed by atoms with Crippen LogP contribution in [0.2, 0.25) is 5.02 Å². The van der Waals surface area contributed by atoms with E-state index in [1.54, 1.807) is 0 Å². The van der Waals surface area contributed by atoms with Crippen LogP contribution < -0.4 is 11.0 Å². The van der Waals surface area contributed by atoms with Crippen molar-refractivity contribution in [1.82, 2.24) is 15.3 Å². The fraction of sp³-hybridized carbons (Fsp3) is 0.133. The maximum Gasteiger partial charge on any atom is 0.323 e. The Morgan fingerprint density at radius 1 is 1.10 bits per heavy atom. The van der Waals surface area contributed by atoms with Gasteiger partial charge in [0.2, 0.25) is 0 Å². The van der Waals surface area contributed by atoms with Gasteiger partial charge in [0.25, 0.3) is 0 Å². The summed E-state index contributed by atoms with van der Waals surface area (Å²) >= 11 is 9.59. The van der Waals surface area contributed by atoms with Crippen LogP contribution in [0.25, 0.3) is 11.0 Å². The summed E-state index contributed by atoms with van der Waals surface area (Å²) in [6.45, 7) is 0. The highest BCUT2D eigenvalue weighted by atomic mass is 79.9. The average Bonchev–Trinajstić information content (AvgIpc) is 2.78. The third kappa shape index (κ3) is 2.90. The van der Waals surface area contributed by atoms with Crippen LogP contribution in [0.4, 0.5) is 0 Å². The Labute approximate surface area is 134 Å². The van der Waals surface area contributed by atoms with Crippen LogP contribution in [0, 0.1) is 0 Å². The van der Waals surface area contributed by atoms with Crippen LogP contribution in [0.3, 0.4) is 0 Å². The molecule has 0 radical (unpaired) electrons. The Morgan fingerprint density at radius 2 is 1.86 bits per heavy atom. The molecule has 4 nitrogen and oxygen atoms in total. The molecule has 3 aromatic rings. The van der Waals surface area contributed by atoms with Crippen molar-refractivity contribution in [1.29, 1.82) is 0 Å². The summed E-state index contributed by atoms with van der Waals surface area (Å²) in [6.07, 6.45) is 0. The maximum absolute atomic E-state index is 11.3. The molecule has 108 valence electrons. The summed E-state index contributed by atoms with van der Waals surface area (Å²) in [6, 6.07) is 11.6. The predicted octanol–water partition coefficient (Wildman–Crippen LogP) is 3.58. The number of aromatic amines is 2. The summed E-state index contributed by atoms with van der Waals surface area (Å²) in [7, 11) is 1.89. The van der Waals surface area contributed by atoms with E-state index in [1.165, 1.54) is 0 Å². The lowest BCUT2D eigenvalue weighted by molar-refractivity contribution is 0.692. The SMILES string of the molecule is CNC(c1cc(Cl)cc(Br)c1)c1ccc2[nH]c(=O)[nH]c2c1. The molecule has 1 heterocycles. The lowest BCUT2D eigenvalue weighted by Crippen LogP contribution is -2.17. The molecule has 0 aliphatic carbocycles. The second-order valence-electron chi connectivity index (χ2n) is 4.81. The molecule has 0 saturated carbocycles. The molecule has 0 bridgehead atoms. The van der Waals surface area contributed by atoms with Gasteiger partial charge in [-0.2, -0.15) is 0 Å². The molecule has 1 atom stereocenters. The number of imidazole rings is 1. The Balaban J connectivity index is 2.10. The second kappa shape index (κ2) is 5.67. The fourth-order valence-corrected chi connectivity index (χ4v) is 3.38. The number of aromatic nitrogens is 2. The van der Waals surface area contributed by atoms with Crippen molar-refractivity contribution in [3.05, 3.63) is 67.5 Å². The Hall–Kier alpha value is -1.56. The number of benzene rings is 2. The van der Waals surface area contributed by atoms with Gasteiger partial charge in [-0.1, -0.05) is 33.6 Å². The lowest BCUT2D eigenvalue weighted by atomic mass is 9.98. The van der Waals surface area contributed by atoms with Crippen molar-refractivity contribution in [2.24, 2.45) is 0 Å². The summed E-state index contributed by atoms with van der Waals surface area (Å²) in [4.78, 5) is 16.9. The molecule has 2 aromatic carbocycles. The average molecular weight is 367 g/mol. The first-order chi connectivity index (χ1) is 10.1. The lowest BCUT2D eigenvalue weighted by Gasteiger charge is -2.18. The molecular weight excluding hydrogens is 354 g/mol. The first kappa shape index (κ1) is 14.4. The van der Waals surface area contributed by atoms with Crippen LogP contribution in [0.5, 0.6) is 0 Å². The largest absolute Gasteiger partial charge is 0.323 e. The van der Waals surface area contributed by atoms with E-state index in [2.05, 4.69) is 31.2 Å². The highest BCUT2D eigenvalue weighted by Crippen LogP contribution is 2.28. The van der Waals surface area contributed by atoms with Gasteiger partial charge in [0.15, 0.2) is 0 Å². The number of nitrogens with one attached hydrogen (secondary N) is 3. The molecule has 1 unspecified atom stereocenters. The second-order valence-corrected chi connectivity index (χ2v) is 6.16. The zero-order valence-corrected chi connectivity index (χ0v) is 13.5.